The lowest BCUT2D eigenvalue weighted by molar-refractivity contribution is 0.332. The molecule has 112 valence electrons. The van der Waals surface area contributed by atoms with Crippen molar-refractivity contribution >= 4 is 15.9 Å². The molecule has 0 bridgehead atoms. The van der Waals surface area contributed by atoms with Gasteiger partial charge in [-0.15, -0.1) is 0 Å². The molecule has 0 saturated heterocycles. The molecule has 0 radical (unpaired) electrons. The molecule has 0 aliphatic rings. The van der Waals surface area contributed by atoms with Gasteiger partial charge in [0.15, 0.2) is 0 Å². The summed E-state index contributed by atoms with van der Waals surface area (Å²) in [6, 6.07) is 12.9. The first-order valence-electron chi connectivity index (χ1n) is 6.98. The molecule has 1 unspecified atom stereocenters. The first-order chi connectivity index (χ1) is 10.2. The molecule has 1 atom stereocenters. The Bertz CT molecular complexity index is 603. The SMILES string of the molecule is CCOc1ccccc1C(Cc1cc(Br)ccc1F)NC. The van der Waals surface area contributed by atoms with Gasteiger partial charge >= 0.3 is 0 Å². The predicted octanol–water partition coefficient (Wildman–Crippen LogP) is 4.49. The number of hydrogen-bond donors (Lipinski definition) is 1. The van der Waals surface area contributed by atoms with Gasteiger partial charge in [0.2, 0.25) is 0 Å². The second-order valence-electron chi connectivity index (χ2n) is 4.75. The second kappa shape index (κ2) is 7.57. The zero-order chi connectivity index (χ0) is 15.2. The smallest absolute Gasteiger partial charge is 0.126 e. The maximum absolute atomic E-state index is 14.0. The third-order valence-electron chi connectivity index (χ3n) is 3.37. The molecule has 0 aliphatic heterocycles. The molecule has 4 heteroatoms. The number of hydrogen-bond acceptors (Lipinski definition) is 2. The predicted molar refractivity (Wildman–Crippen MR) is 87.2 cm³/mol. The Morgan fingerprint density at radius 3 is 2.71 bits per heavy atom. The van der Waals surface area contributed by atoms with Crippen molar-refractivity contribution < 1.29 is 9.13 Å². The molecule has 0 fully saturated rings. The van der Waals surface area contributed by atoms with E-state index in [0.717, 1.165) is 15.8 Å². The minimum absolute atomic E-state index is 0.00319. The highest BCUT2D eigenvalue weighted by Gasteiger charge is 2.17. The third-order valence-corrected chi connectivity index (χ3v) is 3.87. The summed E-state index contributed by atoms with van der Waals surface area (Å²) in [6.07, 6.45) is 0.561. The Morgan fingerprint density at radius 1 is 1.24 bits per heavy atom. The number of para-hydroxylation sites is 1. The van der Waals surface area contributed by atoms with Gasteiger partial charge in [-0.1, -0.05) is 34.1 Å². The van der Waals surface area contributed by atoms with Gasteiger partial charge < -0.3 is 10.1 Å². The first kappa shape index (κ1) is 16.0. The highest BCUT2D eigenvalue weighted by molar-refractivity contribution is 9.10. The molecular formula is C17H19BrFNO. The van der Waals surface area contributed by atoms with E-state index in [1.807, 2.05) is 44.3 Å². The molecule has 0 saturated carbocycles. The Kier molecular flexibility index (Phi) is 5.76. The first-order valence-corrected chi connectivity index (χ1v) is 7.78. The Morgan fingerprint density at radius 2 is 2.00 bits per heavy atom. The fourth-order valence-electron chi connectivity index (χ4n) is 2.34. The Balaban J connectivity index is 2.30. The van der Waals surface area contributed by atoms with Crippen LogP contribution in [0.5, 0.6) is 5.75 Å². The van der Waals surface area contributed by atoms with Gasteiger partial charge in [-0.05, 0) is 50.2 Å². The van der Waals surface area contributed by atoms with Crippen LogP contribution >= 0.6 is 15.9 Å². The van der Waals surface area contributed by atoms with Gasteiger partial charge in [-0.3, -0.25) is 0 Å². The second-order valence-corrected chi connectivity index (χ2v) is 5.67. The molecule has 0 spiro atoms. The molecule has 2 aromatic carbocycles. The van der Waals surface area contributed by atoms with Crippen molar-refractivity contribution in [3.8, 4) is 5.75 Å². The van der Waals surface area contributed by atoms with Crippen LogP contribution in [0.4, 0.5) is 4.39 Å². The topological polar surface area (TPSA) is 21.3 Å². The zero-order valence-corrected chi connectivity index (χ0v) is 13.8. The standard InChI is InChI=1S/C17H19BrFNO/c1-3-21-17-7-5-4-6-14(17)16(20-2)11-12-10-13(18)8-9-15(12)19/h4-10,16,20H,3,11H2,1-2H3. The lowest BCUT2D eigenvalue weighted by Gasteiger charge is -2.20. The van der Waals surface area contributed by atoms with E-state index in [4.69, 9.17) is 4.74 Å². The van der Waals surface area contributed by atoms with E-state index in [0.29, 0.717) is 18.6 Å². The molecule has 21 heavy (non-hydrogen) atoms. The number of benzene rings is 2. The highest BCUT2D eigenvalue weighted by Crippen LogP contribution is 2.29. The van der Waals surface area contributed by atoms with Crippen LogP contribution in [0.15, 0.2) is 46.9 Å². The summed E-state index contributed by atoms with van der Waals surface area (Å²) in [5.74, 6) is 0.655. The van der Waals surface area contributed by atoms with Crippen LogP contribution in [0.25, 0.3) is 0 Å². The largest absolute Gasteiger partial charge is 0.494 e. The third kappa shape index (κ3) is 4.05. The molecule has 1 N–H and O–H groups in total. The number of rotatable bonds is 6. The van der Waals surface area contributed by atoms with Crippen molar-refractivity contribution in [2.24, 2.45) is 0 Å². The van der Waals surface area contributed by atoms with Gasteiger partial charge in [0, 0.05) is 16.1 Å². The van der Waals surface area contributed by atoms with E-state index in [-0.39, 0.29) is 11.9 Å². The summed E-state index contributed by atoms with van der Waals surface area (Å²) in [5, 5.41) is 3.25. The van der Waals surface area contributed by atoms with Crippen molar-refractivity contribution in [3.63, 3.8) is 0 Å². The van der Waals surface area contributed by atoms with Gasteiger partial charge in [0.1, 0.15) is 11.6 Å². The Hall–Kier alpha value is -1.39. The van der Waals surface area contributed by atoms with Crippen LogP contribution in [-0.2, 0) is 6.42 Å². The van der Waals surface area contributed by atoms with E-state index < -0.39 is 0 Å². The zero-order valence-electron chi connectivity index (χ0n) is 12.2. The fraction of sp³-hybridized carbons (Fsp3) is 0.294. The van der Waals surface area contributed by atoms with E-state index in [2.05, 4.69) is 21.2 Å². The molecule has 0 heterocycles. The normalized spacial score (nSPS) is 12.2. The molecule has 0 amide bonds. The summed E-state index contributed by atoms with van der Waals surface area (Å²) in [4.78, 5) is 0. The maximum atomic E-state index is 14.0. The van der Waals surface area contributed by atoms with Crippen LogP contribution in [0, 0.1) is 5.82 Å². The number of likely N-dealkylation sites (N-methyl/N-ethyl adjacent to an activating group) is 1. The average molecular weight is 352 g/mol. The quantitative estimate of drug-likeness (QED) is 0.827. The number of nitrogens with one attached hydrogen (secondary N) is 1. The summed E-state index contributed by atoms with van der Waals surface area (Å²) in [7, 11) is 1.88. The van der Waals surface area contributed by atoms with Crippen LogP contribution in [0.2, 0.25) is 0 Å². The van der Waals surface area contributed by atoms with E-state index in [9.17, 15) is 4.39 Å². The lowest BCUT2D eigenvalue weighted by atomic mass is 9.98. The van der Waals surface area contributed by atoms with Crippen LogP contribution < -0.4 is 10.1 Å². The van der Waals surface area contributed by atoms with Gasteiger partial charge in [0.25, 0.3) is 0 Å². The van der Waals surface area contributed by atoms with Crippen molar-refractivity contribution in [1.29, 1.82) is 0 Å². The van der Waals surface area contributed by atoms with Crippen LogP contribution in [-0.4, -0.2) is 13.7 Å². The number of halogens is 2. The fourth-order valence-corrected chi connectivity index (χ4v) is 2.75. The van der Waals surface area contributed by atoms with Gasteiger partial charge in [0.05, 0.1) is 6.61 Å². The lowest BCUT2D eigenvalue weighted by Crippen LogP contribution is -2.20. The summed E-state index contributed by atoms with van der Waals surface area (Å²) < 4.78 is 20.5. The highest BCUT2D eigenvalue weighted by atomic mass is 79.9. The van der Waals surface area contributed by atoms with E-state index in [1.54, 1.807) is 6.07 Å². The van der Waals surface area contributed by atoms with Crippen molar-refractivity contribution in [3.05, 3.63) is 63.9 Å². The monoisotopic (exact) mass is 351 g/mol. The summed E-state index contributed by atoms with van der Waals surface area (Å²) in [5.41, 5.74) is 1.72. The molecule has 0 aliphatic carbocycles. The van der Waals surface area contributed by atoms with E-state index >= 15 is 0 Å². The number of ether oxygens (including phenoxy) is 1. The average Bonchev–Trinajstić information content (AvgIpc) is 2.49. The van der Waals surface area contributed by atoms with Crippen molar-refractivity contribution in [2.45, 2.75) is 19.4 Å². The van der Waals surface area contributed by atoms with E-state index in [1.165, 1.54) is 6.07 Å². The summed E-state index contributed by atoms with van der Waals surface area (Å²) in [6.45, 7) is 2.57. The molecule has 2 rings (SSSR count). The molecule has 2 nitrogen and oxygen atoms in total. The molecular weight excluding hydrogens is 333 g/mol. The van der Waals surface area contributed by atoms with Gasteiger partial charge in [-0.2, -0.15) is 0 Å². The minimum atomic E-state index is -0.188. The van der Waals surface area contributed by atoms with Gasteiger partial charge in [-0.25, -0.2) is 4.39 Å². The Labute approximate surface area is 133 Å². The molecule has 2 aromatic rings. The van der Waals surface area contributed by atoms with Crippen LogP contribution in [0.1, 0.15) is 24.1 Å². The maximum Gasteiger partial charge on any atom is 0.126 e. The molecule has 0 aromatic heterocycles. The van der Waals surface area contributed by atoms with Crippen molar-refractivity contribution in [1.82, 2.24) is 5.32 Å². The van der Waals surface area contributed by atoms with Crippen molar-refractivity contribution in [2.75, 3.05) is 13.7 Å². The minimum Gasteiger partial charge on any atom is -0.494 e. The summed E-state index contributed by atoms with van der Waals surface area (Å²) >= 11 is 3.39. The van der Waals surface area contributed by atoms with Crippen LogP contribution in [0.3, 0.4) is 0 Å².